The Kier molecular flexibility index (Phi) is 4.76. The number of rotatable bonds is 3. The molecule has 1 aromatic carbocycles. The zero-order chi connectivity index (χ0) is 14.9. The van der Waals surface area contributed by atoms with Crippen molar-refractivity contribution >= 4 is 37.9 Å². The summed E-state index contributed by atoms with van der Waals surface area (Å²) in [5.74, 6) is 0. The number of hydrogen-bond donors (Lipinski definition) is 1. The van der Waals surface area contributed by atoms with Gasteiger partial charge in [0, 0.05) is 16.4 Å². The molecule has 1 aliphatic rings. The van der Waals surface area contributed by atoms with Gasteiger partial charge >= 0.3 is 0 Å². The summed E-state index contributed by atoms with van der Waals surface area (Å²) in [5.41, 5.74) is 6.09. The van der Waals surface area contributed by atoms with E-state index in [0.717, 1.165) is 12.8 Å². The van der Waals surface area contributed by atoms with E-state index in [1.165, 1.54) is 6.26 Å². The fourth-order valence-electron chi connectivity index (χ4n) is 2.51. The van der Waals surface area contributed by atoms with Gasteiger partial charge in [-0.3, -0.25) is 4.21 Å². The highest BCUT2D eigenvalue weighted by Gasteiger charge is 2.32. The van der Waals surface area contributed by atoms with Crippen molar-refractivity contribution in [1.82, 2.24) is 0 Å². The quantitative estimate of drug-likeness (QED) is 0.860. The van der Waals surface area contributed by atoms with Crippen molar-refractivity contribution in [3.63, 3.8) is 0 Å². The lowest BCUT2D eigenvalue weighted by molar-refractivity contribution is 0.487. The number of sulfone groups is 1. The first-order chi connectivity index (χ1) is 9.29. The predicted octanol–water partition coefficient (Wildman–Crippen LogP) is 2.39. The molecule has 1 saturated carbocycles. The third-order valence-electron chi connectivity index (χ3n) is 3.69. The summed E-state index contributed by atoms with van der Waals surface area (Å²) >= 11 is 5.94. The van der Waals surface area contributed by atoms with Gasteiger partial charge in [-0.15, -0.1) is 0 Å². The molecule has 0 amide bonds. The van der Waals surface area contributed by atoms with Crippen LogP contribution in [0.2, 0.25) is 5.02 Å². The van der Waals surface area contributed by atoms with Crippen molar-refractivity contribution in [2.45, 2.75) is 41.1 Å². The largest absolute Gasteiger partial charge is 0.398 e. The third-order valence-corrected chi connectivity index (χ3v) is 7.41. The Hall–Kier alpha value is -0.590. The monoisotopic (exact) mass is 335 g/mol. The smallest absolute Gasteiger partial charge is 0.150 e. The van der Waals surface area contributed by atoms with E-state index in [1.807, 2.05) is 0 Å². The van der Waals surface area contributed by atoms with E-state index in [9.17, 15) is 12.6 Å². The maximum absolute atomic E-state index is 12.6. The van der Waals surface area contributed by atoms with Gasteiger partial charge in [0.05, 0.1) is 26.8 Å². The van der Waals surface area contributed by atoms with Gasteiger partial charge in [-0.1, -0.05) is 18.0 Å². The molecule has 0 bridgehead atoms. The topological polar surface area (TPSA) is 77.2 Å². The second-order valence-corrected chi connectivity index (χ2v) is 9.69. The second-order valence-electron chi connectivity index (χ2n) is 5.22. The Morgan fingerprint density at radius 2 is 2.05 bits per heavy atom. The molecule has 1 aromatic rings. The van der Waals surface area contributed by atoms with Gasteiger partial charge < -0.3 is 5.73 Å². The Morgan fingerprint density at radius 3 is 2.65 bits per heavy atom. The molecule has 7 heteroatoms. The van der Waals surface area contributed by atoms with Crippen molar-refractivity contribution in [3.8, 4) is 0 Å². The normalized spacial score (nSPS) is 25.3. The van der Waals surface area contributed by atoms with E-state index in [4.69, 9.17) is 17.3 Å². The molecule has 0 radical (unpaired) electrons. The Balaban J connectivity index is 2.18. The zero-order valence-corrected chi connectivity index (χ0v) is 13.6. The standard InChI is InChI=1S/C13H18ClNO3S2/c1-20(17,18)11-4-2-3-9(7-11)19(16)10-5-6-13(15)12(14)8-10/h5-6,8-9,11H,2-4,7,15H2,1H3. The van der Waals surface area contributed by atoms with E-state index in [1.54, 1.807) is 18.2 Å². The van der Waals surface area contributed by atoms with E-state index >= 15 is 0 Å². The van der Waals surface area contributed by atoms with Gasteiger partial charge in [0.2, 0.25) is 0 Å². The van der Waals surface area contributed by atoms with Crippen LogP contribution in [0.15, 0.2) is 23.1 Å². The minimum Gasteiger partial charge on any atom is -0.398 e. The molecule has 0 spiro atoms. The number of anilines is 1. The first-order valence-corrected chi connectivity index (χ1v) is 9.98. The molecule has 0 aromatic heterocycles. The summed E-state index contributed by atoms with van der Waals surface area (Å²) in [6.07, 6.45) is 3.93. The molecule has 20 heavy (non-hydrogen) atoms. The van der Waals surface area contributed by atoms with Crippen molar-refractivity contribution in [2.24, 2.45) is 0 Å². The third kappa shape index (κ3) is 3.54. The maximum atomic E-state index is 12.6. The minimum absolute atomic E-state index is 0.136. The van der Waals surface area contributed by atoms with Gasteiger partial charge in [0.1, 0.15) is 9.84 Å². The van der Waals surface area contributed by atoms with Gasteiger partial charge in [0.15, 0.2) is 0 Å². The Bertz CT molecular complexity index is 631. The molecule has 112 valence electrons. The number of nitrogens with two attached hydrogens (primary N) is 1. The molecule has 0 saturated heterocycles. The Labute approximate surface area is 127 Å². The Morgan fingerprint density at radius 1 is 1.35 bits per heavy atom. The van der Waals surface area contributed by atoms with Crippen LogP contribution in [0.4, 0.5) is 5.69 Å². The number of halogens is 1. The van der Waals surface area contributed by atoms with E-state index < -0.39 is 20.6 Å². The van der Waals surface area contributed by atoms with Crippen LogP contribution >= 0.6 is 11.6 Å². The van der Waals surface area contributed by atoms with E-state index in [0.29, 0.717) is 28.4 Å². The van der Waals surface area contributed by atoms with Crippen LogP contribution in [0.25, 0.3) is 0 Å². The fraction of sp³-hybridized carbons (Fsp3) is 0.538. The molecule has 1 aliphatic carbocycles. The molecule has 2 rings (SSSR count). The highest BCUT2D eigenvalue weighted by atomic mass is 35.5. The summed E-state index contributed by atoms with van der Waals surface area (Å²) in [6.45, 7) is 0. The highest BCUT2D eigenvalue weighted by molar-refractivity contribution is 7.91. The van der Waals surface area contributed by atoms with E-state index in [-0.39, 0.29) is 10.5 Å². The highest BCUT2D eigenvalue weighted by Crippen LogP contribution is 2.31. The minimum atomic E-state index is -3.07. The molecule has 2 N–H and O–H groups in total. The average Bonchev–Trinajstić information content (AvgIpc) is 2.40. The summed E-state index contributed by atoms with van der Waals surface area (Å²) in [6, 6.07) is 4.94. The van der Waals surface area contributed by atoms with Crippen LogP contribution < -0.4 is 5.73 Å². The van der Waals surface area contributed by atoms with Crippen molar-refractivity contribution in [2.75, 3.05) is 12.0 Å². The molecular weight excluding hydrogens is 318 g/mol. The van der Waals surface area contributed by atoms with Crippen LogP contribution in [-0.4, -0.2) is 29.4 Å². The molecule has 1 fully saturated rings. The van der Waals surface area contributed by atoms with Gasteiger partial charge in [-0.25, -0.2) is 8.42 Å². The lowest BCUT2D eigenvalue weighted by atomic mass is 10.00. The second kappa shape index (κ2) is 6.03. The molecule has 3 unspecified atom stereocenters. The maximum Gasteiger partial charge on any atom is 0.150 e. The lowest BCUT2D eigenvalue weighted by Crippen LogP contribution is -2.32. The van der Waals surface area contributed by atoms with Gasteiger partial charge in [-0.2, -0.15) is 0 Å². The van der Waals surface area contributed by atoms with Crippen LogP contribution in [0, 0.1) is 0 Å². The molecule has 4 nitrogen and oxygen atoms in total. The van der Waals surface area contributed by atoms with Crippen LogP contribution in [0.1, 0.15) is 25.7 Å². The SMILES string of the molecule is CS(=O)(=O)C1CCCC(S(=O)c2ccc(N)c(Cl)c2)C1. The van der Waals surface area contributed by atoms with Crippen LogP contribution in [0.3, 0.4) is 0 Å². The molecule has 0 aliphatic heterocycles. The number of nitrogen functional groups attached to an aromatic ring is 1. The van der Waals surface area contributed by atoms with Crippen molar-refractivity contribution < 1.29 is 12.6 Å². The van der Waals surface area contributed by atoms with Crippen LogP contribution in [-0.2, 0) is 20.6 Å². The number of hydrogen-bond acceptors (Lipinski definition) is 4. The van der Waals surface area contributed by atoms with Crippen LogP contribution in [0.5, 0.6) is 0 Å². The summed E-state index contributed by atoms with van der Waals surface area (Å²) in [4.78, 5) is 0.614. The molecule has 0 heterocycles. The predicted molar refractivity (Wildman–Crippen MR) is 83.2 cm³/mol. The first kappa shape index (κ1) is 15.8. The number of benzene rings is 1. The fourth-order valence-corrected chi connectivity index (χ4v) is 5.66. The summed E-state index contributed by atoms with van der Waals surface area (Å²) in [7, 11) is -4.32. The van der Waals surface area contributed by atoms with Crippen molar-refractivity contribution in [3.05, 3.63) is 23.2 Å². The van der Waals surface area contributed by atoms with Crippen molar-refractivity contribution in [1.29, 1.82) is 0 Å². The van der Waals surface area contributed by atoms with Gasteiger partial charge in [-0.05, 0) is 37.5 Å². The molecular formula is C13H18ClNO3S2. The lowest BCUT2D eigenvalue weighted by Gasteiger charge is -2.27. The first-order valence-electron chi connectivity index (χ1n) is 6.43. The van der Waals surface area contributed by atoms with E-state index in [2.05, 4.69) is 0 Å². The summed E-state index contributed by atoms with van der Waals surface area (Å²) < 4.78 is 35.9. The average molecular weight is 336 g/mol. The van der Waals surface area contributed by atoms with Gasteiger partial charge in [0.25, 0.3) is 0 Å². The molecule has 3 atom stereocenters. The zero-order valence-electron chi connectivity index (χ0n) is 11.2. The summed E-state index contributed by atoms with van der Waals surface area (Å²) in [5, 5.41) is -0.135.